The third-order valence-electron chi connectivity index (χ3n) is 4.07. The molecule has 4 heteroatoms. The molecule has 0 aliphatic rings. The van der Waals surface area contributed by atoms with E-state index >= 15 is 0 Å². The molecule has 2 aromatic rings. The van der Waals surface area contributed by atoms with Gasteiger partial charge in [0.1, 0.15) is 11.5 Å². The Morgan fingerprint density at radius 2 is 1.62 bits per heavy atom. The Morgan fingerprint density at radius 3 is 2.21 bits per heavy atom. The van der Waals surface area contributed by atoms with E-state index < -0.39 is 0 Å². The van der Waals surface area contributed by atoms with Gasteiger partial charge in [0.25, 0.3) is 0 Å². The van der Waals surface area contributed by atoms with E-state index in [0.717, 1.165) is 28.2 Å². The van der Waals surface area contributed by atoms with Crippen molar-refractivity contribution >= 4 is 5.91 Å². The zero-order valence-electron chi connectivity index (χ0n) is 14.7. The maximum Gasteiger partial charge on any atom is 0.224 e. The van der Waals surface area contributed by atoms with E-state index in [0.29, 0.717) is 12.3 Å². The van der Waals surface area contributed by atoms with Crippen LogP contribution in [0.5, 0.6) is 11.5 Å². The molecule has 1 unspecified atom stereocenters. The fourth-order valence-corrected chi connectivity index (χ4v) is 2.91. The minimum absolute atomic E-state index is 0.306. The summed E-state index contributed by atoms with van der Waals surface area (Å²) >= 11 is 0. The molecular weight excluding hydrogens is 302 g/mol. The number of hydrogen-bond donors (Lipinski definition) is 1. The molecule has 0 radical (unpaired) electrons. The molecule has 2 aromatic carbocycles. The molecule has 0 bridgehead atoms. The summed E-state index contributed by atoms with van der Waals surface area (Å²) in [5.41, 5.74) is 8.35. The number of nitrogens with two attached hydrogens (primary N) is 1. The number of hydrogen-bond acceptors (Lipinski definition) is 3. The minimum Gasteiger partial charge on any atom is -0.496 e. The van der Waals surface area contributed by atoms with E-state index in [2.05, 4.69) is 13.8 Å². The van der Waals surface area contributed by atoms with Crippen LogP contribution in [0.3, 0.4) is 0 Å². The summed E-state index contributed by atoms with van der Waals surface area (Å²) in [7, 11) is 3.27. The van der Waals surface area contributed by atoms with Crippen LogP contribution in [0.25, 0.3) is 11.1 Å². The molecule has 1 amide bonds. The predicted molar refractivity (Wildman–Crippen MR) is 96.4 cm³/mol. The van der Waals surface area contributed by atoms with Gasteiger partial charge in [0.15, 0.2) is 0 Å². The molecular formula is C20H25NO3. The number of rotatable bonds is 7. The van der Waals surface area contributed by atoms with Gasteiger partial charge in [-0.3, -0.25) is 4.79 Å². The molecule has 0 aliphatic carbocycles. The minimum atomic E-state index is -0.315. The highest BCUT2D eigenvalue weighted by Crippen LogP contribution is 2.38. The molecule has 0 aromatic heterocycles. The van der Waals surface area contributed by atoms with Gasteiger partial charge in [-0.2, -0.15) is 0 Å². The third kappa shape index (κ3) is 3.88. The Kier molecular flexibility index (Phi) is 5.85. The second-order valence-electron chi connectivity index (χ2n) is 6.24. The smallest absolute Gasteiger partial charge is 0.224 e. The Bertz CT molecular complexity index is 710. The van der Waals surface area contributed by atoms with Crippen LogP contribution in [-0.4, -0.2) is 20.1 Å². The summed E-state index contributed by atoms with van der Waals surface area (Å²) in [4.78, 5) is 11.9. The molecule has 2 rings (SSSR count). The van der Waals surface area contributed by atoms with Crippen molar-refractivity contribution in [3.05, 3.63) is 48.0 Å². The molecule has 0 saturated heterocycles. The lowest BCUT2D eigenvalue weighted by Gasteiger charge is -2.19. The Balaban J connectivity index is 2.57. The molecule has 128 valence electrons. The van der Waals surface area contributed by atoms with Crippen molar-refractivity contribution < 1.29 is 14.3 Å². The zero-order valence-corrected chi connectivity index (χ0v) is 14.7. The maximum atomic E-state index is 11.9. The predicted octanol–water partition coefficient (Wildman–Crippen LogP) is 3.99. The molecule has 0 heterocycles. The van der Waals surface area contributed by atoms with Crippen LogP contribution in [0.15, 0.2) is 42.5 Å². The van der Waals surface area contributed by atoms with Crippen molar-refractivity contribution in [2.75, 3.05) is 14.2 Å². The van der Waals surface area contributed by atoms with Crippen LogP contribution in [0.2, 0.25) is 0 Å². The second-order valence-corrected chi connectivity index (χ2v) is 6.24. The fourth-order valence-electron chi connectivity index (χ4n) is 2.91. The van der Waals surface area contributed by atoms with Crippen LogP contribution in [0.4, 0.5) is 0 Å². The number of primary amides is 1. The highest BCUT2D eigenvalue weighted by molar-refractivity contribution is 5.84. The lowest BCUT2D eigenvalue weighted by molar-refractivity contribution is -0.119. The first-order chi connectivity index (χ1) is 11.5. The van der Waals surface area contributed by atoms with Crippen LogP contribution in [0, 0.1) is 5.92 Å². The number of benzene rings is 2. The van der Waals surface area contributed by atoms with Crippen molar-refractivity contribution in [3.8, 4) is 22.6 Å². The number of amides is 1. The summed E-state index contributed by atoms with van der Waals surface area (Å²) in [6.45, 7) is 4.17. The number of carbonyl (C=O) groups excluding carboxylic acids is 1. The fraction of sp³-hybridized carbons (Fsp3) is 0.350. The van der Waals surface area contributed by atoms with Crippen molar-refractivity contribution in [2.24, 2.45) is 11.7 Å². The van der Waals surface area contributed by atoms with E-state index in [1.165, 1.54) is 0 Å². The van der Waals surface area contributed by atoms with Gasteiger partial charge in [-0.05, 0) is 36.1 Å². The average molecular weight is 327 g/mol. The first-order valence-corrected chi connectivity index (χ1v) is 8.08. The average Bonchev–Trinajstić information content (AvgIpc) is 2.58. The van der Waals surface area contributed by atoms with Crippen molar-refractivity contribution in [1.82, 2.24) is 0 Å². The van der Waals surface area contributed by atoms with Gasteiger partial charge in [0.2, 0.25) is 5.91 Å². The molecule has 0 fully saturated rings. The quantitative estimate of drug-likeness (QED) is 0.836. The number of ether oxygens (including phenoxy) is 2. The van der Waals surface area contributed by atoms with Gasteiger partial charge in [0.05, 0.1) is 20.1 Å². The number of carbonyl (C=O) groups is 1. The second kappa shape index (κ2) is 7.86. The molecule has 0 aliphatic heterocycles. The largest absolute Gasteiger partial charge is 0.496 e. The SMILES string of the molecule is COc1ccccc1-c1cc(C(CC(C)C)C(N)=O)ccc1OC. The normalized spacial score (nSPS) is 12.0. The van der Waals surface area contributed by atoms with Crippen LogP contribution in [0.1, 0.15) is 31.7 Å². The molecule has 0 spiro atoms. The zero-order chi connectivity index (χ0) is 17.7. The summed E-state index contributed by atoms with van der Waals surface area (Å²) in [6.07, 6.45) is 0.715. The van der Waals surface area contributed by atoms with Crippen molar-refractivity contribution in [1.29, 1.82) is 0 Å². The Labute approximate surface area is 143 Å². The van der Waals surface area contributed by atoms with Crippen molar-refractivity contribution in [2.45, 2.75) is 26.2 Å². The number of para-hydroxylation sites is 1. The third-order valence-corrected chi connectivity index (χ3v) is 4.07. The van der Waals surface area contributed by atoms with Crippen LogP contribution in [-0.2, 0) is 4.79 Å². The molecule has 1 atom stereocenters. The van der Waals surface area contributed by atoms with E-state index in [-0.39, 0.29) is 11.8 Å². The highest BCUT2D eigenvalue weighted by Gasteiger charge is 2.21. The Morgan fingerprint density at radius 1 is 1.00 bits per heavy atom. The lowest BCUT2D eigenvalue weighted by atomic mass is 9.87. The van der Waals surface area contributed by atoms with Gasteiger partial charge in [-0.15, -0.1) is 0 Å². The molecule has 4 nitrogen and oxygen atoms in total. The van der Waals surface area contributed by atoms with Crippen LogP contribution >= 0.6 is 0 Å². The topological polar surface area (TPSA) is 61.5 Å². The van der Waals surface area contributed by atoms with Gasteiger partial charge < -0.3 is 15.2 Å². The maximum absolute atomic E-state index is 11.9. The summed E-state index contributed by atoms with van der Waals surface area (Å²) in [6, 6.07) is 13.5. The van der Waals surface area contributed by atoms with E-state index in [1.807, 2.05) is 42.5 Å². The molecule has 2 N–H and O–H groups in total. The first kappa shape index (κ1) is 17.9. The van der Waals surface area contributed by atoms with E-state index in [1.54, 1.807) is 14.2 Å². The van der Waals surface area contributed by atoms with E-state index in [9.17, 15) is 4.79 Å². The van der Waals surface area contributed by atoms with Crippen LogP contribution < -0.4 is 15.2 Å². The molecule has 24 heavy (non-hydrogen) atoms. The molecule has 0 saturated carbocycles. The first-order valence-electron chi connectivity index (χ1n) is 8.08. The van der Waals surface area contributed by atoms with Gasteiger partial charge >= 0.3 is 0 Å². The standard InChI is InChI=1S/C20H25NO3/c1-13(2)11-16(20(21)22)14-9-10-19(24-4)17(12-14)15-7-5-6-8-18(15)23-3/h5-10,12-13,16H,11H2,1-4H3,(H2,21,22). The Hall–Kier alpha value is -2.49. The summed E-state index contributed by atoms with van der Waals surface area (Å²) in [5, 5.41) is 0. The van der Waals surface area contributed by atoms with Gasteiger partial charge in [0, 0.05) is 11.1 Å². The lowest BCUT2D eigenvalue weighted by Crippen LogP contribution is -2.22. The van der Waals surface area contributed by atoms with Crippen molar-refractivity contribution in [3.63, 3.8) is 0 Å². The van der Waals surface area contributed by atoms with Gasteiger partial charge in [-0.25, -0.2) is 0 Å². The monoisotopic (exact) mass is 327 g/mol. The number of methoxy groups -OCH3 is 2. The summed E-state index contributed by atoms with van der Waals surface area (Å²) < 4.78 is 11.0. The van der Waals surface area contributed by atoms with E-state index in [4.69, 9.17) is 15.2 Å². The van der Waals surface area contributed by atoms with Gasteiger partial charge in [-0.1, -0.05) is 38.1 Å². The summed E-state index contributed by atoms with van der Waals surface area (Å²) in [5.74, 6) is 1.24. The highest BCUT2D eigenvalue weighted by atomic mass is 16.5.